The molecular weight excluding hydrogens is 337 g/mol. The Morgan fingerprint density at radius 2 is 1.23 bits per heavy atom. The van der Waals surface area contributed by atoms with Crippen LogP contribution < -0.4 is 0 Å². The van der Waals surface area contributed by atoms with Crippen LogP contribution in [0.5, 0.6) is 0 Å². The van der Waals surface area contributed by atoms with Gasteiger partial charge in [0.2, 0.25) is 0 Å². The van der Waals surface area contributed by atoms with E-state index in [1.165, 1.54) is 18.1 Å². The van der Waals surface area contributed by atoms with Crippen LogP contribution >= 0.6 is 0 Å². The Morgan fingerprint density at radius 3 is 1.69 bits per heavy atom. The van der Waals surface area contributed by atoms with Crippen molar-refractivity contribution in [2.75, 3.05) is 0 Å². The summed E-state index contributed by atoms with van der Waals surface area (Å²) in [4.78, 5) is 7.82. The summed E-state index contributed by atoms with van der Waals surface area (Å²) in [5.74, 6) is 0. The van der Waals surface area contributed by atoms with Crippen molar-refractivity contribution < 1.29 is 13.2 Å². The van der Waals surface area contributed by atoms with Gasteiger partial charge in [-0.1, -0.05) is 44.2 Å². The summed E-state index contributed by atoms with van der Waals surface area (Å²) in [6, 6.07) is 16.4. The van der Waals surface area contributed by atoms with Crippen LogP contribution in [0.15, 0.2) is 67.0 Å². The van der Waals surface area contributed by atoms with Gasteiger partial charge in [0.15, 0.2) is 0 Å². The van der Waals surface area contributed by atoms with Crippen molar-refractivity contribution in [2.24, 2.45) is 0 Å². The molecule has 2 nitrogen and oxygen atoms in total. The second-order valence-corrected chi connectivity index (χ2v) is 5.24. The Hall–Kier alpha value is -2.69. The summed E-state index contributed by atoms with van der Waals surface area (Å²) in [7, 11) is 0. The first-order valence-corrected chi connectivity index (χ1v) is 8.34. The minimum Gasteiger partial charge on any atom is -0.262 e. The second kappa shape index (κ2) is 10.3. The van der Waals surface area contributed by atoms with Crippen LogP contribution in [0.2, 0.25) is 0 Å². The third-order valence-corrected chi connectivity index (χ3v) is 3.23. The third-order valence-electron chi connectivity index (χ3n) is 3.23. The van der Waals surface area contributed by atoms with Crippen molar-refractivity contribution in [3.8, 4) is 11.1 Å². The van der Waals surface area contributed by atoms with Crippen molar-refractivity contribution in [3.63, 3.8) is 0 Å². The van der Waals surface area contributed by atoms with Crippen LogP contribution in [-0.2, 0) is 6.18 Å². The average Bonchev–Trinajstić information content (AvgIpc) is 2.64. The molecule has 26 heavy (non-hydrogen) atoms. The number of pyridine rings is 2. The Balaban J connectivity index is 0.000000241. The van der Waals surface area contributed by atoms with Crippen molar-refractivity contribution in [1.29, 1.82) is 0 Å². The number of aryl methyl sites for hydroxylation is 2. The molecule has 0 fully saturated rings. The molecule has 0 bridgehead atoms. The van der Waals surface area contributed by atoms with Gasteiger partial charge in [0, 0.05) is 23.8 Å². The van der Waals surface area contributed by atoms with Crippen LogP contribution in [0.4, 0.5) is 13.2 Å². The summed E-state index contributed by atoms with van der Waals surface area (Å²) in [5, 5.41) is 0. The van der Waals surface area contributed by atoms with Gasteiger partial charge in [0.25, 0.3) is 0 Å². The van der Waals surface area contributed by atoms with Gasteiger partial charge in [-0.25, -0.2) is 0 Å². The molecule has 3 aromatic rings. The quantitative estimate of drug-likeness (QED) is 0.495. The van der Waals surface area contributed by atoms with Crippen molar-refractivity contribution in [3.05, 3.63) is 83.9 Å². The van der Waals surface area contributed by atoms with Gasteiger partial charge >= 0.3 is 6.18 Å². The number of aromatic nitrogens is 2. The normalized spacial score (nSPS) is 10.1. The monoisotopic (exact) mass is 360 g/mol. The first-order valence-electron chi connectivity index (χ1n) is 8.34. The number of nitrogens with zero attached hydrogens (tertiary/aromatic N) is 2. The smallest absolute Gasteiger partial charge is 0.262 e. The summed E-state index contributed by atoms with van der Waals surface area (Å²) in [5.41, 5.74) is 3.26. The minimum absolute atomic E-state index is 0.375. The zero-order valence-corrected chi connectivity index (χ0v) is 15.4. The zero-order valence-electron chi connectivity index (χ0n) is 15.4. The summed E-state index contributed by atoms with van der Waals surface area (Å²) >= 11 is 0. The number of rotatable bonds is 1. The van der Waals surface area contributed by atoms with Gasteiger partial charge in [-0.15, -0.1) is 0 Å². The fourth-order valence-corrected chi connectivity index (χ4v) is 2.08. The first-order chi connectivity index (χ1) is 12.4. The highest BCUT2D eigenvalue weighted by molar-refractivity contribution is 5.62. The molecule has 0 atom stereocenters. The van der Waals surface area contributed by atoms with E-state index >= 15 is 0 Å². The molecule has 0 spiro atoms. The van der Waals surface area contributed by atoms with Crippen LogP contribution in [0.25, 0.3) is 11.1 Å². The molecule has 0 aliphatic heterocycles. The molecule has 1 aromatic carbocycles. The van der Waals surface area contributed by atoms with Gasteiger partial charge < -0.3 is 0 Å². The Kier molecular flexibility index (Phi) is 8.49. The predicted octanol–water partition coefficient (Wildman–Crippen LogP) is 6.49. The van der Waals surface area contributed by atoms with E-state index in [2.05, 4.69) is 28.2 Å². The van der Waals surface area contributed by atoms with E-state index < -0.39 is 11.7 Å². The van der Waals surface area contributed by atoms with Gasteiger partial charge in [-0.2, -0.15) is 13.2 Å². The summed E-state index contributed by atoms with van der Waals surface area (Å²) in [6.45, 7) is 7.53. The number of benzene rings is 1. The maximum Gasteiger partial charge on any atom is 0.416 e. The Morgan fingerprint density at radius 1 is 0.692 bits per heavy atom. The highest BCUT2D eigenvalue weighted by Gasteiger charge is 2.30. The van der Waals surface area contributed by atoms with Crippen molar-refractivity contribution in [1.82, 2.24) is 9.97 Å². The molecule has 0 amide bonds. The molecular formula is C21H23F3N2. The first kappa shape index (κ1) is 21.4. The Bertz CT molecular complexity index is 785. The topological polar surface area (TPSA) is 25.8 Å². The lowest BCUT2D eigenvalue weighted by Gasteiger charge is -2.05. The van der Waals surface area contributed by atoms with Crippen LogP contribution in [-0.4, -0.2) is 9.97 Å². The van der Waals surface area contributed by atoms with Gasteiger partial charge in [0.05, 0.1) is 5.56 Å². The average molecular weight is 360 g/mol. The summed E-state index contributed by atoms with van der Waals surface area (Å²) in [6.07, 6.45) is -1.26. The highest BCUT2D eigenvalue weighted by atomic mass is 19.4. The molecule has 138 valence electrons. The molecule has 0 saturated carbocycles. The van der Waals surface area contributed by atoms with E-state index in [0.717, 1.165) is 24.0 Å². The van der Waals surface area contributed by atoms with E-state index in [1.54, 1.807) is 0 Å². The lowest BCUT2D eigenvalue weighted by molar-refractivity contribution is -0.137. The molecule has 5 heteroatoms. The van der Waals surface area contributed by atoms with Crippen molar-refractivity contribution in [2.45, 2.75) is 33.9 Å². The SMILES string of the molecule is CC.Cc1cc(-c2ccccc2)ccn1.Cc1cc(C(F)(F)F)ccn1. The molecule has 3 rings (SSSR count). The molecule has 0 radical (unpaired) electrons. The van der Waals surface area contributed by atoms with Crippen molar-refractivity contribution >= 4 is 0 Å². The third kappa shape index (κ3) is 7.05. The summed E-state index contributed by atoms with van der Waals surface area (Å²) < 4.78 is 35.8. The lowest BCUT2D eigenvalue weighted by Crippen LogP contribution is -2.05. The van der Waals surface area contributed by atoms with Crippen LogP contribution in [0.1, 0.15) is 30.8 Å². The molecule has 0 unspecified atom stereocenters. The van der Waals surface area contributed by atoms with Gasteiger partial charge in [-0.05, 0) is 49.2 Å². The fourth-order valence-electron chi connectivity index (χ4n) is 2.08. The molecule has 0 aliphatic rings. The van der Waals surface area contributed by atoms with E-state index in [9.17, 15) is 13.2 Å². The fraction of sp³-hybridized carbons (Fsp3) is 0.238. The van der Waals surface area contributed by atoms with E-state index in [4.69, 9.17) is 0 Å². The standard InChI is InChI=1S/C12H11N.C7H6F3N.C2H6/c1-10-9-12(7-8-13-10)11-5-3-2-4-6-11;1-5-4-6(2-3-11-5)7(8,9)10;1-2/h2-9H,1H3;2-4H,1H3;1-2H3. The minimum atomic E-state index is -4.26. The molecule has 0 N–H and O–H groups in total. The lowest BCUT2D eigenvalue weighted by atomic mass is 10.1. The van der Waals surface area contributed by atoms with E-state index in [1.807, 2.05) is 51.2 Å². The highest BCUT2D eigenvalue weighted by Crippen LogP contribution is 2.28. The molecule has 0 saturated heterocycles. The maximum absolute atomic E-state index is 11.9. The van der Waals surface area contributed by atoms with Crippen LogP contribution in [0.3, 0.4) is 0 Å². The number of halogens is 3. The Labute approximate surface area is 152 Å². The molecule has 2 heterocycles. The largest absolute Gasteiger partial charge is 0.416 e. The molecule has 2 aromatic heterocycles. The van der Waals surface area contributed by atoms with Crippen LogP contribution in [0, 0.1) is 13.8 Å². The second-order valence-electron chi connectivity index (χ2n) is 5.24. The zero-order chi connectivity index (χ0) is 19.6. The van der Waals surface area contributed by atoms with Gasteiger partial charge in [-0.3, -0.25) is 9.97 Å². The number of hydrogen-bond donors (Lipinski definition) is 0. The predicted molar refractivity (Wildman–Crippen MR) is 99.7 cm³/mol. The molecule has 0 aliphatic carbocycles. The number of alkyl halides is 3. The van der Waals surface area contributed by atoms with E-state index in [-0.39, 0.29) is 0 Å². The van der Waals surface area contributed by atoms with E-state index in [0.29, 0.717) is 5.69 Å². The number of hydrogen-bond acceptors (Lipinski definition) is 2. The van der Waals surface area contributed by atoms with Gasteiger partial charge in [0.1, 0.15) is 0 Å². The maximum atomic E-state index is 11.9.